The van der Waals surface area contributed by atoms with Crippen molar-refractivity contribution >= 4 is 23.2 Å². The third-order valence-electron chi connectivity index (χ3n) is 1.60. The molecule has 5 nitrogen and oxygen atoms in total. The lowest BCUT2D eigenvalue weighted by Gasteiger charge is -2.10. The van der Waals surface area contributed by atoms with Gasteiger partial charge in [-0.25, -0.2) is 0 Å². The van der Waals surface area contributed by atoms with E-state index in [9.17, 15) is 4.79 Å². The second-order valence-electron chi connectivity index (χ2n) is 3.01. The summed E-state index contributed by atoms with van der Waals surface area (Å²) in [6, 6.07) is 0. The van der Waals surface area contributed by atoms with Crippen LogP contribution in [0.15, 0.2) is 0 Å². The van der Waals surface area contributed by atoms with E-state index in [1.54, 1.807) is 7.11 Å². The Bertz CT molecular complexity index is 200. The summed E-state index contributed by atoms with van der Waals surface area (Å²) in [6.45, 7) is 4.22. The van der Waals surface area contributed by atoms with Crippen molar-refractivity contribution in [3.8, 4) is 0 Å². The molecule has 0 aromatic heterocycles. The van der Waals surface area contributed by atoms with Gasteiger partial charge in [0.25, 0.3) is 0 Å². The van der Waals surface area contributed by atoms with E-state index in [1.807, 2.05) is 0 Å². The van der Waals surface area contributed by atoms with E-state index in [0.717, 1.165) is 19.6 Å². The van der Waals surface area contributed by atoms with Gasteiger partial charge in [0.1, 0.15) is 0 Å². The van der Waals surface area contributed by atoms with Gasteiger partial charge in [-0.05, 0) is 18.6 Å². The third-order valence-corrected chi connectivity index (χ3v) is 1.88. The Kier molecular flexibility index (Phi) is 9.10. The summed E-state index contributed by atoms with van der Waals surface area (Å²) in [4.78, 5) is 10.5. The lowest BCUT2D eigenvalue weighted by atomic mass is 10.4. The predicted octanol–water partition coefficient (Wildman–Crippen LogP) is -0.377. The zero-order valence-corrected chi connectivity index (χ0v) is 10.1. The molecule has 0 radical (unpaired) electrons. The lowest BCUT2D eigenvalue weighted by Crippen LogP contribution is -2.40. The van der Waals surface area contributed by atoms with Crippen molar-refractivity contribution in [3.05, 3.63) is 0 Å². The van der Waals surface area contributed by atoms with E-state index in [4.69, 9.17) is 17.0 Å². The second-order valence-corrected chi connectivity index (χ2v) is 3.42. The molecule has 0 unspecified atom stereocenters. The number of carbonyl (C=O) groups excluding carboxylic acids is 1. The van der Waals surface area contributed by atoms with Crippen LogP contribution in [0.25, 0.3) is 0 Å². The van der Waals surface area contributed by atoms with E-state index >= 15 is 0 Å². The minimum atomic E-state index is -0.0317. The minimum Gasteiger partial charge on any atom is -0.385 e. The number of methoxy groups -OCH3 is 1. The van der Waals surface area contributed by atoms with Crippen LogP contribution >= 0.6 is 12.2 Å². The minimum absolute atomic E-state index is 0.0317. The summed E-state index contributed by atoms with van der Waals surface area (Å²) >= 11 is 5.01. The van der Waals surface area contributed by atoms with E-state index < -0.39 is 0 Å². The monoisotopic (exact) mass is 233 g/mol. The molecule has 0 spiro atoms. The van der Waals surface area contributed by atoms with Crippen LogP contribution in [0.3, 0.4) is 0 Å². The van der Waals surface area contributed by atoms with Crippen LogP contribution in [0.1, 0.15) is 13.3 Å². The molecule has 0 saturated heterocycles. The molecule has 0 aromatic carbocycles. The van der Waals surface area contributed by atoms with E-state index in [2.05, 4.69) is 16.0 Å². The van der Waals surface area contributed by atoms with Crippen LogP contribution < -0.4 is 16.0 Å². The Morgan fingerprint density at radius 1 is 1.20 bits per heavy atom. The first-order valence-electron chi connectivity index (χ1n) is 4.92. The molecule has 88 valence electrons. The van der Waals surface area contributed by atoms with Crippen LogP contribution in [0.4, 0.5) is 0 Å². The van der Waals surface area contributed by atoms with Crippen molar-refractivity contribution in [2.75, 3.05) is 33.4 Å². The standard InChI is InChI=1S/C9H19N3O2S/c1-8(13)10-5-6-12-9(15)11-4-3-7-14-2/h3-7H2,1-2H3,(H,10,13)(H2,11,12,15). The van der Waals surface area contributed by atoms with Crippen LogP contribution in [-0.2, 0) is 9.53 Å². The van der Waals surface area contributed by atoms with Crippen molar-refractivity contribution in [3.63, 3.8) is 0 Å². The quantitative estimate of drug-likeness (QED) is 0.413. The summed E-state index contributed by atoms with van der Waals surface area (Å²) < 4.78 is 4.90. The molecule has 3 N–H and O–H groups in total. The number of ether oxygens (including phenoxy) is 1. The fraction of sp³-hybridized carbons (Fsp3) is 0.778. The zero-order valence-electron chi connectivity index (χ0n) is 9.26. The van der Waals surface area contributed by atoms with Crippen molar-refractivity contribution in [1.82, 2.24) is 16.0 Å². The zero-order chi connectivity index (χ0) is 11.5. The first kappa shape index (κ1) is 14.1. The average molecular weight is 233 g/mol. The van der Waals surface area contributed by atoms with Crippen molar-refractivity contribution < 1.29 is 9.53 Å². The number of hydrogen-bond donors (Lipinski definition) is 3. The van der Waals surface area contributed by atoms with E-state index in [0.29, 0.717) is 18.2 Å². The van der Waals surface area contributed by atoms with Gasteiger partial charge in [0, 0.05) is 40.3 Å². The summed E-state index contributed by atoms with van der Waals surface area (Å²) in [7, 11) is 1.67. The number of thiocarbonyl (C=S) groups is 1. The molecule has 0 aromatic rings. The van der Waals surface area contributed by atoms with Crippen molar-refractivity contribution in [2.24, 2.45) is 0 Å². The van der Waals surface area contributed by atoms with Gasteiger partial charge in [0.2, 0.25) is 5.91 Å². The Morgan fingerprint density at radius 2 is 1.80 bits per heavy atom. The number of nitrogens with one attached hydrogen (secondary N) is 3. The average Bonchev–Trinajstić information content (AvgIpc) is 2.19. The first-order chi connectivity index (χ1) is 7.16. The summed E-state index contributed by atoms with van der Waals surface area (Å²) in [6.07, 6.45) is 0.921. The highest BCUT2D eigenvalue weighted by Crippen LogP contribution is 1.77. The van der Waals surface area contributed by atoms with Gasteiger partial charge < -0.3 is 20.7 Å². The van der Waals surface area contributed by atoms with Crippen molar-refractivity contribution in [2.45, 2.75) is 13.3 Å². The summed E-state index contributed by atoms with van der Waals surface area (Å²) in [5, 5.41) is 9.29. The largest absolute Gasteiger partial charge is 0.385 e. The normalized spacial score (nSPS) is 9.47. The van der Waals surface area contributed by atoms with E-state index in [-0.39, 0.29) is 5.91 Å². The van der Waals surface area contributed by atoms with Crippen molar-refractivity contribution in [1.29, 1.82) is 0 Å². The SMILES string of the molecule is COCCCNC(=S)NCCNC(C)=O. The maximum Gasteiger partial charge on any atom is 0.216 e. The Labute approximate surface area is 95.9 Å². The Morgan fingerprint density at radius 3 is 2.40 bits per heavy atom. The Balaban J connectivity index is 3.22. The van der Waals surface area contributed by atoms with Gasteiger partial charge in [-0.2, -0.15) is 0 Å². The molecular formula is C9H19N3O2S. The molecule has 15 heavy (non-hydrogen) atoms. The molecule has 0 rings (SSSR count). The molecule has 0 fully saturated rings. The molecule has 0 atom stereocenters. The van der Waals surface area contributed by atoms with Crippen LogP contribution in [-0.4, -0.2) is 44.4 Å². The highest BCUT2D eigenvalue weighted by Gasteiger charge is 1.94. The fourth-order valence-electron chi connectivity index (χ4n) is 0.895. The molecule has 0 aliphatic rings. The van der Waals surface area contributed by atoms with Gasteiger partial charge in [-0.15, -0.1) is 0 Å². The molecular weight excluding hydrogens is 214 g/mol. The second kappa shape index (κ2) is 9.67. The first-order valence-corrected chi connectivity index (χ1v) is 5.32. The highest BCUT2D eigenvalue weighted by molar-refractivity contribution is 7.80. The third kappa shape index (κ3) is 11.0. The van der Waals surface area contributed by atoms with E-state index in [1.165, 1.54) is 6.92 Å². The molecule has 0 heterocycles. The molecule has 0 bridgehead atoms. The van der Waals surface area contributed by atoms with Gasteiger partial charge in [-0.1, -0.05) is 0 Å². The number of amides is 1. The maximum absolute atomic E-state index is 10.5. The fourth-order valence-corrected chi connectivity index (χ4v) is 1.10. The molecule has 0 aliphatic heterocycles. The molecule has 0 aliphatic carbocycles. The highest BCUT2D eigenvalue weighted by atomic mass is 32.1. The van der Waals surface area contributed by atoms with Gasteiger partial charge in [-0.3, -0.25) is 4.79 Å². The van der Waals surface area contributed by atoms with Crippen LogP contribution in [0.2, 0.25) is 0 Å². The lowest BCUT2D eigenvalue weighted by molar-refractivity contribution is -0.118. The molecule has 1 amide bonds. The maximum atomic E-state index is 10.5. The summed E-state index contributed by atoms with van der Waals surface area (Å²) in [5.41, 5.74) is 0. The Hall–Kier alpha value is -0.880. The molecule has 6 heteroatoms. The number of hydrogen-bond acceptors (Lipinski definition) is 3. The van der Waals surface area contributed by atoms with Gasteiger partial charge in [0.05, 0.1) is 0 Å². The predicted molar refractivity (Wildman–Crippen MR) is 63.8 cm³/mol. The smallest absolute Gasteiger partial charge is 0.216 e. The summed E-state index contributed by atoms with van der Waals surface area (Å²) in [5.74, 6) is -0.0317. The number of carbonyl (C=O) groups is 1. The van der Waals surface area contributed by atoms with Crippen LogP contribution in [0, 0.1) is 0 Å². The topological polar surface area (TPSA) is 62.4 Å². The van der Waals surface area contributed by atoms with Crippen LogP contribution in [0.5, 0.6) is 0 Å². The van der Waals surface area contributed by atoms with Gasteiger partial charge in [0.15, 0.2) is 5.11 Å². The number of rotatable bonds is 7. The molecule has 0 saturated carbocycles. The van der Waals surface area contributed by atoms with Gasteiger partial charge >= 0.3 is 0 Å².